The summed E-state index contributed by atoms with van der Waals surface area (Å²) in [7, 11) is 4.00. The molecule has 2 N–H and O–H groups in total. The Bertz CT molecular complexity index is 417. The van der Waals surface area contributed by atoms with Crippen LogP contribution in [0.4, 0.5) is 5.69 Å². The summed E-state index contributed by atoms with van der Waals surface area (Å²) in [5, 5.41) is 0. The van der Waals surface area contributed by atoms with E-state index in [1.807, 2.05) is 43.3 Å². The highest BCUT2D eigenvalue weighted by atomic mass is 16.2. The lowest BCUT2D eigenvalue weighted by atomic mass is 9.98. The molecule has 1 aromatic carbocycles. The molecule has 1 amide bonds. The third-order valence-corrected chi connectivity index (χ3v) is 3.08. The molecule has 0 radical (unpaired) electrons. The maximum absolute atomic E-state index is 12.1. The van der Waals surface area contributed by atoms with Gasteiger partial charge in [0.2, 0.25) is 5.91 Å². The van der Waals surface area contributed by atoms with Crippen molar-refractivity contribution in [2.75, 3.05) is 32.1 Å². The van der Waals surface area contributed by atoms with E-state index in [-0.39, 0.29) is 5.91 Å². The predicted molar refractivity (Wildman–Crippen MR) is 69.0 cm³/mol. The maximum atomic E-state index is 12.1. The minimum atomic E-state index is -0.396. The van der Waals surface area contributed by atoms with Crippen molar-refractivity contribution in [3.05, 3.63) is 29.8 Å². The van der Waals surface area contributed by atoms with Crippen LogP contribution in [0.5, 0.6) is 0 Å². The predicted octanol–water partition coefficient (Wildman–Crippen LogP) is 0.465. The molecule has 4 nitrogen and oxygen atoms in total. The summed E-state index contributed by atoms with van der Waals surface area (Å²) in [5.41, 5.74) is 8.07. The number of carbonyl (C=O) groups is 1. The van der Waals surface area contributed by atoms with E-state index in [4.69, 9.17) is 5.73 Å². The topological polar surface area (TPSA) is 49.6 Å². The van der Waals surface area contributed by atoms with Crippen molar-refractivity contribution in [2.45, 2.75) is 12.5 Å². The molecule has 1 aromatic rings. The molecule has 0 aromatic heterocycles. The van der Waals surface area contributed by atoms with Gasteiger partial charge in [-0.3, -0.25) is 4.79 Å². The maximum Gasteiger partial charge on any atom is 0.244 e. The zero-order valence-electron chi connectivity index (χ0n) is 10.4. The zero-order valence-corrected chi connectivity index (χ0v) is 10.4. The quantitative estimate of drug-likeness (QED) is 0.825. The van der Waals surface area contributed by atoms with Gasteiger partial charge in [0.25, 0.3) is 0 Å². The number of amides is 1. The molecule has 0 spiro atoms. The highest BCUT2D eigenvalue weighted by molar-refractivity contribution is 6.00. The second-order valence-corrected chi connectivity index (χ2v) is 4.73. The Labute approximate surface area is 102 Å². The highest BCUT2D eigenvalue weighted by Crippen LogP contribution is 2.26. The Balaban J connectivity index is 2.26. The van der Waals surface area contributed by atoms with Crippen LogP contribution in [0.2, 0.25) is 0 Å². The summed E-state index contributed by atoms with van der Waals surface area (Å²) in [6.45, 7) is 1.53. The first-order valence-corrected chi connectivity index (χ1v) is 5.89. The van der Waals surface area contributed by atoms with Gasteiger partial charge < -0.3 is 15.5 Å². The molecule has 1 atom stereocenters. The van der Waals surface area contributed by atoms with Gasteiger partial charge >= 0.3 is 0 Å². The van der Waals surface area contributed by atoms with Crippen molar-refractivity contribution in [3.8, 4) is 0 Å². The first kappa shape index (κ1) is 12.1. The van der Waals surface area contributed by atoms with Crippen molar-refractivity contribution < 1.29 is 4.79 Å². The van der Waals surface area contributed by atoms with Gasteiger partial charge in [-0.15, -0.1) is 0 Å². The van der Waals surface area contributed by atoms with E-state index < -0.39 is 6.04 Å². The standard InChI is InChI=1S/C13H19N3O/c1-15(2)7-8-16-12-6-4-3-5-10(12)9-11(14)13(16)17/h3-6,11H,7-9,14H2,1-2H3. The van der Waals surface area contributed by atoms with Crippen LogP contribution in [-0.2, 0) is 11.2 Å². The summed E-state index contributed by atoms with van der Waals surface area (Å²) in [6.07, 6.45) is 0.646. The number of fused-ring (bicyclic) bond motifs is 1. The third kappa shape index (κ3) is 2.48. The number of hydrogen-bond donors (Lipinski definition) is 1. The van der Waals surface area contributed by atoms with E-state index in [0.717, 1.165) is 12.2 Å². The van der Waals surface area contributed by atoms with E-state index in [0.29, 0.717) is 13.0 Å². The molecule has 2 rings (SSSR count). The van der Waals surface area contributed by atoms with E-state index in [1.54, 1.807) is 0 Å². The van der Waals surface area contributed by atoms with Crippen LogP contribution in [0, 0.1) is 0 Å². The number of rotatable bonds is 3. The fraction of sp³-hybridized carbons (Fsp3) is 0.462. The minimum absolute atomic E-state index is 0.0329. The van der Waals surface area contributed by atoms with Crippen LogP contribution in [-0.4, -0.2) is 44.0 Å². The molecule has 92 valence electrons. The number of anilines is 1. The van der Waals surface area contributed by atoms with Crippen LogP contribution >= 0.6 is 0 Å². The van der Waals surface area contributed by atoms with Crippen LogP contribution in [0.1, 0.15) is 5.56 Å². The van der Waals surface area contributed by atoms with Gasteiger partial charge in [-0.05, 0) is 32.1 Å². The van der Waals surface area contributed by atoms with Gasteiger partial charge in [0.05, 0.1) is 6.04 Å². The SMILES string of the molecule is CN(C)CCN1C(=O)C(N)Cc2ccccc21. The molecule has 4 heteroatoms. The lowest BCUT2D eigenvalue weighted by Crippen LogP contribution is -2.50. The van der Waals surface area contributed by atoms with Gasteiger partial charge in [-0.25, -0.2) is 0 Å². The van der Waals surface area contributed by atoms with Gasteiger partial charge in [0.1, 0.15) is 0 Å². The number of carbonyl (C=O) groups excluding carboxylic acids is 1. The van der Waals surface area contributed by atoms with Gasteiger partial charge in [0, 0.05) is 18.8 Å². The zero-order chi connectivity index (χ0) is 12.4. The molecule has 1 unspecified atom stereocenters. The van der Waals surface area contributed by atoms with Gasteiger partial charge in [-0.2, -0.15) is 0 Å². The molecule has 0 bridgehead atoms. The summed E-state index contributed by atoms with van der Waals surface area (Å²) < 4.78 is 0. The van der Waals surface area contributed by atoms with Crippen molar-refractivity contribution in [2.24, 2.45) is 5.73 Å². The Kier molecular flexibility index (Phi) is 3.45. The first-order chi connectivity index (χ1) is 8.09. The summed E-state index contributed by atoms with van der Waals surface area (Å²) in [6, 6.07) is 7.60. The summed E-state index contributed by atoms with van der Waals surface area (Å²) in [4.78, 5) is 16.0. The van der Waals surface area contributed by atoms with Gasteiger partial charge in [0.15, 0.2) is 0 Å². The van der Waals surface area contributed by atoms with Crippen molar-refractivity contribution in [3.63, 3.8) is 0 Å². The number of benzene rings is 1. The molecule has 0 saturated carbocycles. The Morgan fingerprint density at radius 3 is 2.82 bits per heavy atom. The molecule has 1 aliphatic heterocycles. The van der Waals surface area contributed by atoms with Crippen molar-refractivity contribution in [1.82, 2.24) is 4.90 Å². The van der Waals surface area contributed by atoms with E-state index in [9.17, 15) is 4.79 Å². The largest absolute Gasteiger partial charge is 0.320 e. The van der Waals surface area contributed by atoms with Crippen LogP contribution in [0.3, 0.4) is 0 Å². The monoisotopic (exact) mass is 233 g/mol. The molecular weight excluding hydrogens is 214 g/mol. The summed E-state index contributed by atoms with van der Waals surface area (Å²) >= 11 is 0. The number of nitrogens with two attached hydrogens (primary N) is 1. The lowest BCUT2D eigenvalue weighted by Gasteiger charge is -2.33. The lowest BCUT2D eigenvalue weighted by molar-refractivity contribution is -0.120. The molecule has 0 fully saturated rings. The molecule has 1 aliphatic rings. The Morgan fingerprint density at radius 2 is 2.12 bits per heavy atom. The number of hydrogen-bond acceptors (Lipinski definition) is 3. The molecule has 0 aliphatic carbocycles. The van der Waals surface area contributed by atoms with E-state index in [1.165, 1.54) is 5.56 Å². The van der Waals surface area contributed by atoms with Crippen LogP contribution in [0.15, 0.2) is 24.3 Å². The number of likely N-dealkylation sites (N-methyl/N-ethyl adjacent to an activating group) is 1. The van der Waals surface area contributed by atoms with Crippen LogP contribution in [0.25, 0.3) is 0 Å². The fourth-order valence-corrected chi connectivity index (χ4v) is 2.12. The average Bonchev–Trinajstić information content (AvgIpc) is 2.29. The molecule has 17 heavy (non-hydrogen) atoms. The molecule has 1 heterocycles. The second kappa shape index (κ2) is 4.85. The average molecular weight is 233 g/mol. The van der Waals surface area contributed by atoms with Gasteiger partial charge in [-0.1, -0.05) is 18.2 Å². The smallest absolute Gasteiger partial charge is 0.244 e. The second-order valence-electron chi connectivity index (χ2n) is 4.73. The normalized spacial score (nSPS) is 19.6. The van der Waals surface area contributed by atoms with Crippen molar-refractivity contribution >= 4 is 11.6 Å². The number of nitrogens with zero attached hydrogens (tertiary/aromatic N) is 2. The highest BCUT2D eigenvalue weighted by Gasteiger charge is 2.29. The Morgan fingerprint density at radius 1 is 1.41 bits per heavy atom. The van der Waals surface area contributed by atoms with Crippen LogP contribution < -0.4 is 10.6 Å². The molecule has 0 saturated heterocycles. The van der Waals surface area contributed by atoms with E-state index in [2.05, 4.69) is 4.90 Å². The molecular formula is C13H19N3O. The fourth-order valence-electron chi connectivity index (χ4n) is 2.12. The Hall–Kier alpha value is -1.39. The van der Waals surface area contributed by atoms with E-state index >= 15 is 0 Å². The minimum Gasteiger partial charge on any atom is -0.320 e. The summed E-state index contributed by atoms with van der Waals surface area (Å²) in [5.74, 6) is 0.0329. The first-order valence-electron chi connectivity index (χ1n) is 5.89. The van der Waals surface area contributed by atoms with Crippen molar-refractivity contribution in [1.29, 1.82) is 0 Å². The third-order valence-electron chi connectivity index (χ3n) is 3.08. The number of para-hydroxylation sites is 1.